The lowest BCUT2D eigenvalue weighted by Crippen LogP contribution is -2.55. The molecule has 6 heteroatoms. The highest BCUT2D eigenvalue weighted by molar-refractivity contribution is 6.30. The molecule has 0 saturated carbocycles. The Kier molecular flexibility index (Phi) is 8.72. The Hall–Kier alpha value is -3.31. The minimum absolute atomic E-state index is 0.182. The number of hydrogen-bond acceptors (Lipinski definition) is 3. The van der Waals surface area contributed by atoms with Gasteiger partial charge in [-0.3, -0.25) is 9.59 Å². The summed E-state index contributed by atoms with van der Waals surface area (Å²) in [5.74, 6) is 0.0950. The molecule has 0 heterocycles. The quantitative estimate of drug-likeness (QED) is 0.455. The lowest BCUT2D eigenvalue weighted by Gasteiger charge is -2.33. The maximum absolute atomic E-state index is 13.5. The van der Waals surface area contributed by atoms with Gasteiger partial charge in [0, 0.05) is 23.5 Å². The average molecular weight is 479 g/mol. The Morgan fingerprint density at radius 1 is 0.912 bits per heavy atom. The Morgan fingerprint density at radius 3 is 2.15 bits per heavy atom. The molecule has 1 atom stereocenters. The fraction of sp³-hybridized carbons (Fsp3) is 0.286. The molecule has 0 aromatic heterocycles. The molecule has 5 nitrogen and oxygen atoms in total. The zero-order valence-corrected chi connectivity index (χ0v) is 20.6. The predicted octanol–water partition coefficient (Wildman–Crippen LogP) is 5.27. The lowest BCUT2D eigenvalue weighted by atomic mass is 10.0. The number of benzene rings is 3. The molecule has 3 aromatic carbocycles. The van der Waals surface area contributed by atoms with Gasteiger partial charge in [-0.25, -0.2) is 0 Å². The van der Waals surface area contributed by atoms with Gasteiger partial charge in [0.2, 0.25) is 5.91 Å². The number of halogens is 1. The molecular weight excluding hydrogens is 448 g/mol. The molecule has 0 bridgehead atoms. The van der Waals surface area contributed by atoms with Crippen molar-refractivity contribution < 1.29 is 14.3 Å². The molecule has 3 aromatic rings. The van der Waals surface area contributed by atoms with Crippen molar-refractivity contribution in [2.75, 3.05) is 6.61 Å². The number of para-hydroxylation sites is 1. The first-order valence-electron chi connectivity index (χ1n) is 11.3. The van der Waals surface area contributed by atoms with Gasteiger partial charge in [0.15, 0.2) is 6.61 Å². The number of carbonyl (C=O) groups is 2. The summed E-state index contributed by atoms with van der Waals surface area (Å²) in [7, 11) is 0. The summed E-state index contributed by atoms with van der Waals surface area (Å²) in [6.07, 6.45) is 0.375. The highest BCUT2D eigenvalue weighted by atomic mass is 35.5. The van der Waals surface area contributed by atoms with Crippen LogP contribution in [-0.2, 0) is 22.6 Å². The molecule has 3 rings (SSSR count). The summed E-state index contributed by atoms with van der Waals surface area (Å²) in [6.45, 7) is 5.82. The number of nitrogens with zero attached hydrogens (tertiary/aromatic N) is 1. The SMILES string of the molecule is CC(C)(C)NC(=O)C(Cc1ccccc1)N(Cc1cccc(Cl)c1)C(=O)COc1ccccc1. The van der Waals surface area contributed by atoms with E-state index in [0.717, 1.165) is 11.1 Å². The zero-order chi connectivity index (χ0) is 24.6. The van der Waals surface area contributed by atoms with Crippen LogP contribution in [0.5, 0.6) is 5.75 Å². The van der Waals surface area contributed by atoms with Gasteiger partial charge in [-0.15, -0.1) is 0 Å². The zero-order valence-electron chi connectivity index (χ0n) is 19.8. The first kappa shape index (κ1) is 25.3. The second-order valence-corrected chi connectivity index (χ2v) is 9.63. The summed E-state index contributed by atoms with van der Waals surface area (Å²) < 4.78 is 5.74. The van der Waals surface area contributed by atoms with Crippen LogP contribution in [0.2, 0.25) is 5.02 Å². The van der Waals surface area contributed by atoms with E-state index in [4.69, 9.17) is 16.3 Å². The third kappa shape index (κ3) is 7.92. The summed E-state index contributed by atoms with van der Waals surface area (Å²) in [4.78, 5) is 28.6. The lowest BCUT2D eigenvalue weighted by molar-refractivity contribution is -0.143. The van der Waals surface area contributed by atoms with E-state index in [9.17, 15) is 9.59 Å². The van der Waals surface area contributed by atoms with Gasteiger partial charge in [0.05, 0.1) is 0 Å². The first-order chi connectivity index (χ1) is 16.2. The molecule has 0 aliphatic heterocycles. The molecule has 178 valence electrons. The smallest absolute Gasteiger partial charge is 0.261 e. The Bertz CT molecular complexity index is 1080. The molecule has 0 saturated heterocycles. The number of carbonyl (C=O) groups excluding carboxylic acids is 2. The fourth-order valence-electron chi connectivity index (χ4n) is 3.58. The highest BCUT2D eigenvalue weighted by Crippen LogP contribution is 2.19. The van der Waals surface area contributed by atoms with Crippen LogP contribution in [0.1, 0.15) is 31.9 Å². The van der Waals surface area contributed by atoms with Gasteiger partial charge in [-0.05, 0) is 56.2 Å². The van der Waals surface area contributed by atoms with E-state index in [1.165, 1.54) is 0 Å². The third-order valence-corrected chi connectivity index (χ3v) is 5.35. The van der Waals surface area contributed by atoms with Crippen LogP contribution < -0.4 is 10.1 Å². The monoisotopic (exact) mass is 478 g/mol. The second kappa shape index (κ2) is 11.7. The van der Waals surface area contributed by atoms with Crippen LogP contribution in [0, 0.1) is 0 Å². The van der Waals surface area contributed by atoms with Crippen molar-refractivity contribution in [1.29, 1.82) is 0 Å². The van der Waals surface area contributed by atoms with Crippen LogP contribution in [0.3, 0.4) is 0 Å². The van der Waals surface area contributed by atoms with Crippen LogP contribution in [0.15, 0.2) is 84.9 Å². The molecule has 1 unspecified atom stereocenters. The molecule has 0 spiro atoms. The van der Waals surface area contributed by atoms with Gasteiger partial charge in [-0.1, -0.05) is 72.3 Å². The van der Waals surface area contributed by atoms with E-state index in [1.807, 2.05) is 81.4 Å². The van der Waals surface area contributed by atoms with Crippen molar-refractivity contribution in [1.82, 2.24) is 10.2 Å². The molecule has 1 N–H and O–H groups in total. The molecule has 2 amide bonds. The maximum atomic E-state index is 13.5. The van der Waals surface area contributed by atoms with Crippen LogP contribution in [0.4, 0.5) is 0 Å². The summed E-state index contributed by atoms with van der Waals surface area (Å²) >= 11 is 6.20. The first-order valence-corrected chi connectivity index (χ1v) is 11.7. The van der Waals surface area contributed by atoms with Gasteiger partial charge >= 0.3 is 0 Å². The number of ether oxygens (including phenoxy) is 1. The Labute approximate surface area is 206 Å². The largest absolute Gasteiger partial charge is 0.484 e. The van der Waals surface area contributed by atoms with Crippen molar-refractivity contribution in [3.63, 3.8) is 0 Å². The van der Waals surface area contributed by atoms with Crippen molar-refractivity contribution in [2.45, 2.75) is 45.3 Å². The molecule has 0 radical (unpaired) electrons. The number of nitrogens with one attached hydrogen (secondary N) is 1. The van der Waals surface area contributed by atoms with Crippen molar-refractivity contribution >= 4 is 23.4 Å². The molecule has 34 heavy (non-hydrogen) atoms. The normalized spacial score (nSPS) is 12.0. The molecule has 0 aliphatic rings. The van der Waals surface area contributed by atoms with E-state index in [1.54, 1.807) is 29.2 Å². The number of hydrogen-bond donors (Lipinski definition) is 1. The van der Waals surface area contributed by atoms with Gasteiger partial charge in [-0.2, -0.15) is 0 Å². The van der Waals surface area contributed by atoms with Crippen LogP contribution in [-0.4, -0.2) is 34.9 Å². The minimum atomic E-state index is -0.729. The van der Waals surface area contributed by atoms with E-state index in [-0.39, 0.29) is 25.0 Å². The van der Waals surface area contributed by atoms with Crippen LogP contribution >= 0.6 is 11.6 Å². The summed E-state index contributed by atoms with van der Waals surface area (Å²) in [5, 5.41) is 3.62. The van der Waals surface area contributed by atoms with E-state index in [2.05, 4.69) is 5.32 Å². The summed E-state index contributed by atoms with van der Waals surface area (Å²) in [5.41, 5.74) is 1.35. The molecule has 0 fully saturated rings. The van der Waals surface area contributed by atoms with Crippen molar-refractivity contribution in [3.8, 4) is 5.75 Å². The predicted molar refractivity (Wildman–Crippen MR) is 136 cm³/mol. The van der Waals surface area contributed by atoms with Crippen molar-refractivity contribution in [3.05, 3.63) is 101 Å². The number of rotatable bonds is 9. The third-order valence-electron chi connectivity index (χ3n) is 5.12. The Balaban J connectivity index is 1.92. The average Bonchev–Trinajstić information content (AvgIpc) is 2.80. The topological polar surface area (TPSA) is 58.6 Å². The standard InChI is InChI=1S/C28H31ClN2O3/c1-28(2,3)30-27(33)25(18-21-11-6-4-7-12-21)31(19-22-13-10-14-23(29)17-22)26(32)20-34-24-15-8-5-9-16-24/h4-17,25H,18-20H2,1-3H3,(H,30,33). The van der Waals surface area contributed by atoms with Crippen molar-refractivity contribution in [2.24, 2.45) is 0 Å². The van der Waals surface area contributed by atoms with E-state index >= 15 is 0 Å². The fourth-order valence-corrected chi connectivity index (χ4v) is 3.80. The summed E-state index contributed by atoms with van der Waals surface area (Å²) in [6, 6.07) is 25.4. The number of amides is 2. The Morgan fingerprint density at radius 2 is 1.53 bits per heavy atom. The second-order valence-electron chi connectivity index (χ2n) is 9.20. The highest BCUT2D eigenvalue weighted by Gasteiger charge is 2.32. The van der Waals surface area contributed by atoms with Gasteiger partial charge < -0.3 is 15.0 Å². The van der Waals surface area contributed by atoms with E-state index < -0.39 is 11.6 Å². The minimum Gasteiger partial charge on any atom is -0.484 e. The van der Waals surface area contributed by atoms with Gasteiger partial charge in [0.1, 0.15) is 11.8 Å². The molecule has 0 aliphatic carbocycles. The molecular formula is C28H31ClN2O3. The van der Waals surface area contributed by atoms with E-state index in [0.29, 0.717) is 17.2 Å². The maximum Gasteiger partial charge on any atom is 0.261 e. The van der Waals surface area contributed by atoms with Crippen LogP contribution in [0.25, 0.3) is 0 Å². The van der Waals surface area contributed by atoms with Gasteiger partial charge in [0.25, 0.3) is 5.91 Å².